The summed E-state index contributed by atoms with van der Waals surface area (Å²) in [6.07, 6.45) is 0.643. The van der Waals surface area contributed by atoms with Crippen molar-refractivity contribution in [3.8, 4) is 34.1 Å². The van der Waals surface area contributed by atoms with E-state index in [2.05, 4.69) is 4.98 Å². The summed E-state index contributed by atoms with van der Waals surface area (Å²) in [6.45, 7) is 11.1. The number of nitrogens with zero attached hydrogens (tertiary/aromatic N) is 3. The van der Waals surface area contributed by atoms with Gasteiger partial charge in [-0.2, -0.15) is 0 Å². The number of pyridine rings is 1. The zero-order chi connectivity index (χ0) is 37.7. The second kappa shape index (κ2) is 16.2. The Hall–Kier alpha value is -4.87. The van der Waals surface area contributed by atoms with Crippen LogP contribution in [0.5, 0.6) is 23.0 Å². The molecule has 3 aromatic carbocycles. The number of amides is 2. The molecule has 276 valence electrons. The van der Waals surface area contributed by atoms with Crippen molar-refractivity contribution in [2.45, 2.75) is 52.9 Å². The lowest BCUT2D eigenvalue weighted by molar-refractivity contribution is 0.0141. The molecule has 0 bridgehead atoms. The number of benzene rings is 3. The van der Waals surface area contributed by atoms with Crippen LogP contribution >= 0.6 is 23.2 Å². The van der Waals surface area contributed by atoms with Crippen molar-refractivity contribution in [2.24, 2.45) is 0 Å². The van der Waals surface area contributed by atoms with Gasteiger partial charge in [0.05, 0.1) is 19.2 Å². The summed E-state index contributed by atoms with van der Waals surface area (Å²) in [5.41, 5.74) is 10.1. The van der Waals surface area contributed by atoms with E-state index in [1.807, 2.05) is 52.8 Å². The first-order valence-electron chi connectivity index (χ1n) is 16.8. The minimum absolute atomic E-state index is 0.109. The van der Waals surface area contributed by atoms with E-state index in [0.29, 0.717) is 70.3 Å². The zero-order valence-corrected chi connectivity index (χ0v) is 31.9. The highest BCUT2D eigenvalue weighted by molar-refractivity contribution is 6.37. The van der Waals surface area contributed by atoms with E-state index in [-0.39, 0.29) is 24.4 Å². The molecule has 52 heavy (non-hydrogen) atoms. The fourth-order valence-corrected chi connectivity index (χ4v) is 6.52. The molecule has 4 aromatic rings. The number of hydrogen-bond acceptors (Lipinski definition) is 9. The molecule has 0 spiro atoms. The molecule has 1 saturated heterocycles. The van der Waals surface area contributed by atoms with E-state index < -0.39 is 11.7 Å². The highest BCUT2D eigenvalue weighted by Gasteiger charge is 2.28. The van der Waals surface area contributed by atoms with Crippen LogP contribution in [0, 0.1) is 6.92 Å². The standard InChI is InChI=1S/C39H44Cl2N4O7/c1-23-18-28(48-6)20-32(49-7)29(23)22-50-31-13-12-30(40)34(35(31)41)24(2)51-33-19-27(21-43-36(33)42)25-8-10-26(11-9-25)37(46)44-14-16-45(17-15-44)38(47)52-39(3,4)5/h8-13,18-21,24H,14-17,22H2,1-7H3,(H2,42,43). The van der Waals surface area contributed by atoms with Gasteiger partial charge in [0.15, 0.2) is 11.6 Å². The van der Waals surface area contributed by atoms with Gasteiger partial charge in [-0.1, -0.05) is 35.3 Å². The van der Waals surface area contributed by atoms with Crippen LogP contribution < -0.4 is 24.7 Å². The largest absolute Gasteiger partial charge is 0.497 e. The van der Waals surface area contributed by atoms with E-state index >= 15 is 0 Å². The van der Waals surface area contributed by atoms with Crippen LogP contribution in [0.4, 0.5) is 10.6 Å². The van der Waals surface area contributed by atoms with Gasteiger partial charge in [0.1, 0.15) is 35.6 Å². The third-order valence-corrected chi connectivity index (χ3v) is 9.32. The van der Waals surface area contributed by atoms with Crippen molar-refractivity contribution < 1.29 is 33.3 Å². The maximum absolute atomic E-state index is 13.3. The first kappa shape index (κ1) is 38.4. The monoisotopic (exact) mass is 750 g/mol. The maximum atomic E-state index is 13.3. The van der Waals surface area contributed by atoms with Crippen LogP contribution in [0.2, 0.25) is 10.0 Å². The highest BCUT2D eigenvalue weighted by Crippen LogP contribution is 2.41. The normalized spacial score (nSPS) is 13.7. The number of methoxy groups -OCH3 is 2. The number of rotatable bonds is 10. The molecule has 1 unspecified atom stereocenters. The fraction of sp³-hybridized carbons (Fsp3) is 0.359. The molecule has 2 amide bonds. The van der Waals surface area contributed by atoms with E-state index in [1.54, 1.807) is 66.6 Å². The lowest BCUT2D eigenvalue weighted by Crippen LogP contribution is -2.51. The van der Waals surface area contributed by atoms with Crippen molar-refractivity contribution in [2.75, 3.05) is 46.1 Å². The molecule has 1 aliphatic heterocycles. The van der Waals surface area contributed by atoms with Gasteiger partial charge in [0, 0.05) is 65.7 Å². The van der Waals surface area contributed by atoms with Crippen LogP contribution in [0.15, 0.2) is 60.8 Å². The number of aromatic nitrogens is 1. The van der Waals surface area contributed by atoms with Gasteiger partial charge in [0.2, 0.25) is 0 Å². The van der Waals surface area contributed by atoms with Gasteiger partial charge < -0.3 is 39.2 Å². The lowest BCUT2D eigenvalue weighted by atomic mass is 10.0. The van der Waals surface area contributed by atoms with Crippen LogP contribution in [-0.4, -0.2) is 72.8 Å². The Morgan fingerprint density at radius 1 is 0.885 bits per heavy atom. The third-order valence-electron chi connectivity index (χ3n) is 8.60. The third kappa shape index (κ3) is 8.94. The van der Waals surface area contributed by atoms with Gasteiger partial charge in [-0.25, -0.2) is 9.78 Å². The van der Waals surface area contributed by atoms with E-state index in [4.69, 9.17) is 52.6 Å². The van der Waals surface area contributed by atoms with Crippen molar-refractivity contribution in [3.05, 3.63) is 93.1 Å². The Morgan fingerprint density at radius 3 is 2.19 bits per heavy atom. The molecule has 1 aromatic heterocycles. The van der Waals surface area contributed by atoms with Gasteiger partial charge in [-0.3, -0.25) is 4.79 Å². The summed E-state index contributed by atoms with van der Waals surface area (Å²) >= 11 is 13.5. The van der Waals surface area contributed by atoms with Gasteiger partial charge in [0.25, 0.3) is 5.91 Å². The molecule has 1 aliphatic rings. The number of halogens is 2. The second-order valence-electron chi connectivity index (χ2n) is 13.4. The molecule has 2 heterocycles. The molecule has 11 nitrogen and oxygen atoms in total. The first-order chi connectivity index (χ1) is 24.7. The number of nitrogens with two attached hydrogens (primary N) is 1. The van der Waals surface area contributed by atoms with E-state index in [0.717, 1.165) is 22.3 Å². The lowest BCUT2D eigenvalue weighted by Gasteiger charge is -2.35. The molecule has 0 radical (unpaired) electrons. The quantitative estimate of drug-likeness (QED) is 0.170. The average Bonchev–Trinajstić information content (AvgIpc) is 3.11. The predicted molar refractivity (Wildman–Crippen MR) is 202 cm³/mol. The molecule has 5 rings (SSSR count). The van der Waals surface area contributed by atoms with Gasteiger partial charge in [-0.05, 0) is 82.1 Å². The Bertz CT molecular complexity index is 1920. The van der Waals surface area contributed by atoms with E-state index in [9.17, 15) is 9.59 Å². The van der Waals surface area contributed by atoms with Crippen molar-refractivity contribution in [1.82, 2.24) is 14.8 Å². The minimum atomic E-state index is -0.629. The Balaban J connectivity index is 1.26. The molecule has 2 N–H and O–H groups in total. The van der Waals surface area contributed by atoms with E-state index in [1.165, 1.54) is 0 Å². The van der Waals surface area contributed by atoms with Crippen LogP contribution in [0.25, 0.3) is 11.1 Å². The number of carbonyl (C=O) groups excluding carboxylic acids is 2. The highest BCUT2D eigenvalue weighted by atomic mass is 35.5. The Labute approximate surface area is 314 Å². The average molecular weight is 752 g/mol. The number of aryl methyl sites for hydroxylation is 1. The molecular weight excluding hydrogens is 707 g/mol. The maximum Gasteiger partial charge on any atom is 0.410 e. The number of hydrogen-bond donors (Lipinski definition) is 1. The van der Waals surface area contributed by atoms with Gasteiger partial charge in [-0.15, -0.1) is 0 Å². The van der Waals surface area contributed by atoms with Crippen LogP contribution in [0.3, 0.4) is 0 Å². The molecule has 1 atom stereocenters. The number of piperazine rings is 1. The number of anilines is 1. The zero-order valence-electron chi connectivity index (χ0n) is 30.4. The second-order valence-corrected chi connectivity index (χ2v) is 14.2. The fourth-order valence-electron chi connectivity index (χ4n) is 5.78. The van der Waals surface area contributed by atoms with Crippen molar-refractivity contribution >= 4 is 41.0 Å². The minimum Gasteiger partial charge on any atom is -0.497 e. The number of nitrogen functional groups attached to an aromatic ring is 1. The van der Waals surface area contributed by atoms with Crippen molar-refractivity contribution in [1.29, 1.82) is 0 Å². The smallest absolute Gasteiger partial charge is 0.410 e. The summed E-state index contributed by atoms with van der Waals surface area (Å²) in [4.78, 5) is 33.4. The summed E-state index contributed by atoms with van der Waals surface area (Å²) in [5.74, 6) is 2.16. The SMILES string of the molecule is COc1cc(C)c(COc2ccc(Cl)c(C(C)Oc3cc(-c4ccc(C(=O)N5CCN(C(=O)OC(C)(C)C)CC5)cc4)cnc3N)c2Cl)c(OC)c1. The first-order valence-corrected chi connectivity index (χ1v) is 17.6. The molecular formula is C39H44Cl2N4O7. The summed E-state index contributed by atoms with van der Waals surface area (Å²) in [6, 6.07) is 16.1. The summed E-state index contributed by atoms with van der Waals surface area (Å²) in [5, 5.41) is 0.705. The van der Waals surface area contributed by atoms with Crippen LogP contribution in [0.1, 0.15) is 60.8 Å². The molecule has 13 heteroatoms. The number of carbonyl (C=O) groups is 2. The summed E-state index contributed by atoms with van der Waals surface area (Å²) < 4.78 is 28.9. The molecule has 0 saturated carbocycles. The Morgan fingerprint density at radius 2 is 1.56 bits per heavy atom. The number of ether oxygens (including phenoxy) is 5. The predicted octanol–water partition coefficient (Wildman–Crippen LogP) is 8.38. The van der Waals surface area contributed by atoms with Crippen LogP contribution in [-0.2, 0) is 11.3 Å². The van der Waals surface area contributed by atoms with Crippen molar-refractivity contribution in [3.63, 3.8) is 0 Å². The van der Waals surface area contributed by atoms with Gasteiger partial charge >= 0.3 is 6.09 Å². The molecule has 0 aliphatic carbocycles. The molecule has 1 fully saturated rings. The Kier molecular flexibility index (Phi) is 12.0. The topological polar surface area (TPSA) is 126 Å². The summed E-state index contributed by atoms with van der Waals surface area (Å²) in [7, 11) is 3.20.